The molecule has 0 bridgehead atoms. The summed E-state index contributed by atoms with van der Waals surface area (Å²) in [5.74, 6) is 6.96. The van der Waals surface area contributed by atoms with Crippen LogP contribution in [0.1, 0.15) is 66.8 Å². The highest BCUT2D eigenvalue weighted by Gasteiger charge is 2.49. The fourth-order valence-corrected chi connectivity index (χ4v) is 21.6. The van der Waals surface area contributed by atoms with E-state index < -0.39 is 16.2 Å². The van der Waals surface area contributed by atoms with Crippen LogP contribution in [-0.4, -0.2) is 29.9 Å². The molecule has 0 amide bonds. The largest absolute Gasteiger partial charge is 0.457 e. The minimum absolute atomic E-state index is 0.564. The Morgan fingerprint density at radius 1 is 0.162 bits per heavy atom. The maximum atomic E-state index is 6.90. The van der Waals surface area contributed by atoms with Crippen LogP contribution in [0.15, 0.2) is 534 Å². The van der Waals surface area contributed by atoms with Gasteiger partial charge in [-0.3, -0.25) is 0 Å². The van der Waals surface area contributed by atoms with Gasteiger partial charge in [0.15, 0.2) is 17.5 Å². The first-order valence-electron chi connectivity index (χ1n) is 48.1. The highest BCUT2D eigenvalue weighted by molar-refractivity contribution is 5.99. The van der Waals surface area contributed by atoms with Gasteiger partial charge in [0.05, 0.1) is 55.6 Å². The van der Waals surface area contributed by atoms with Gasteiger partial charge in [-0.05, 0) is 145 Å². The Kier molecular flexibility index (Phi) is 21.8. The molecule has 0 fully saturated rings. The molecule has 142 heavy (non-hydrogen) atoms. The minimum atomic E-state index is -0.610. The van der Waals surface area contributed by atoms with E-state index in [4.69, 9.17) is 44.1 Å². The van der Waals surface area contributed by atoms with Crippen LogP contribution in [0.4, 0.5) is 0 Å². The molecule has 6 heterocycles. The van der Waals surface area contributed by atoms with Crippen molar-refractivity contribution in [2.45, 2.75) is 16.2 Å². The molecule has 3 aliphatic rings. The summed E-state index contributed by atoms with van der Waals surface area (Å²) in [5, 5.41) is 6.81. The summed E-state index contributed by atoms with van der Waals surface area (Å²) in [7, 11) is 0. The molecule has 0 N–H and O–H groups in total. The Morgan fingerprint density at radius 3 is 1.01 bits per heavy atom. The van der Waals surface area contributed by atoms with Crippen molar-refractivity contribution in [3.8, 4) is 125 Å². The zero-order chi connectivity index (χ0) is 94.3. The number of nitrogens with zero attached hydrogens (tertiary/aromatic N) is 6. The summed E-state index contributed by atoms with van der Waals surface area (Å²) < 4.78 is 20.3. The lowest BCUT2D eigenvalue weighted by Crippen LogP contribution is -2.34. The summed E-state index contributed by atoms with van der Waals surface area (Å²) in [5.41, 5.74) is 26.5. The van der Waals surface area contributed by atoms with Gasteiger partial charge in [0.1, 0.15) is 34.5 Å². The number of para-hydroxylation sites is 6. The summed E-state index contributed by atoms with van der Waals surface area (Å²) in [6, 6.07) is 187. The monoisotopic (exact) mass is 1820 g/mol. The molecule has 9 heteroatoms. The van der Waals surface area contributed by atoms with Crippen molar-refractivity contribution in [3.05, 3.63) is 601 Å². The molecule has 3 aliphatic heterocycles. The number of ether oxygens (including phenoxy) is 3. The topological polar surface area (TPSA) is 105 Å². The van der Waals surface area contributed by atoms with Crippen LogP contribution in [0.5, 0.6) is 34.5 Å². The van der Waals surface area contributed by atoms with E-state index in [1.807, 2.05) is 72.8 Å². The SMILES string of the molecule is c1ccc(-c2cc(-c3cccc(-c4ccc5c(c4)C(c4ccccc4)(c4ccccc4)c4ccccc4O5)c3)nc(-c3ccccc3)n2)cc1.c1ccc(C2(c3ccccc3)c3ccccc3Oc3c(-c4nc(-c5ccc6ccccc6c5)c5ccccc5n4)cccc32)cc1.c1ccc(C2(c3ccccc3)c3ccccc3Oc3cc(-c4nc(-c5ccc6ccccc6c5)c5ccccc5n4)ccc32)cc1. The molecule has 0 aliphatic carbocycles. The van der Waals surface area contributed by atoms with Gasteiger partial charge in [-0.25, -0.2) is 29.9 Å². The Hall–Kier alpha value is -18.7. The number of aromatic nitrogens is 6. The van der Waals surface area contributed by atoms with E-state index in [1.165, 1.54) is 54.9 Å². The van der Waals surface area contributed by atoms with Gasteiger partial charge in [-0.1, -0.05) is 455 Å². The fourth-order valence-electron chi connectivity index (χ4n) is 21.6. The molecule has 21 aromatic carbocycles. The first-order valence-corrected chi connectivity index (χ1v) is 48.1. The van der Waals surface area contributed by atoms with E-state index in [-0.39, 0.29) is 0 Å². The molecule has 0 saturated heterocycles. The molecular weight excluding hydrogens is 1730 g/mol. The Labute approximate surface area is 823 Å². The van der Waals surface area contributed by atoms with E-state index in [1.54, 1.807) is 0 Å². The van der Waals surface area contributed by atoms with Crippen LogP contribution in [-0.2, 0) is 16.2 Å². The first-order chi connectivity index (χ1) is 70.4. The second-order valence-corrected chi connectivity index (χ2v) is 36.1. The highest BCUT2D eigenvalue weighted by atomic mass is 16.5. The smallest absolute Gasteiger partial charge is 0.164 e. The molecule has 3 aromatic heterocycles. The average Bonchev–Trinajstić information content (AvgIpc) is 0.706. The normalized spacial score (nSPS) is 13.0. The highest BCUT2D eigenvalue weighted by Crippen LogP contribution is 2.61. The third-order valence-corrected chi connectivity index (χ3v) is 28.0. The van der Waals surface area contributed by atoms with Crippen LogP contribution in [0.25, 0.3) is 134 Å². The van der Waals surface area contributed by atoms with E-state index in [0.717, 1.165) is 163 Å². The lowest BCUT2D eigenvalue weighted by atomic mass is 9.63. The zero-order valence-corrected chi connectivity index (χ0v) is 77.2. The minimum Gasteiger partial charge on any atom is -0.457 e. The Morgan fingerprint density at radius 2 is 0.500 bits per heavy atom. The number of hydrogen-bond donors (Lipinski definition) is 0. The standard InChI is InChI=1S/C47H32N2O.2C43H28N2O/c1-5-16-33(17-6-1)42-32-43(49-46(48-42)34-18-7-2-8-19-34)37-21-15-20-35(30-37)36-28-29-45-41(31-36)47(38-22-9-3-10-23-38,39-24-11-4-12-25-39)40-26-13-14-27-44(40)50-45;1-3-16-32(17-4-1)43(33-18-5-2-6-19-33)36-22-10-12-25-39(36)46-41-35(21-13-23-37(41)43)42-44-38-24-11-9-20-34(38)40(45-42)31-27-26-29-14-7-8-15-30(29)28-31;1-3-15-33(16-4-1)43(34-17-5-2-6-18-34)36-20-10-12-22-39(36)46-40-28-32(25-26-37(40)43)42-44-38-21-11-9-19-35(38)41(45-42)31-24-23-29-13-7-8-14-30(29)27-31/h1-32H;2*1-28H. The average molecular weight is 1820 g/mol. The molecule has 24 aromatic rings. The summed E-state index contributed by atoms with van der Waals surface area (Å²) >= 11 is 0. The predicted octanol–water partition coefficient (Wildman–Crippen LogP) is 32.8. The van der Waals surface area contributed by atoms with Crippen molar-refractivity contribution in [3.63, 3.8) is 0 Å². The second-order valence-electron chi connectivity index (χ2n) is 36.1. The van der Waals surface area contributed by atoms with Gasteiger partial charge < -0.3 is 14.2 Å². The summed E-state index contributed by atoms with van der Waals surface area (Å²) in [6.45, 7) is 0. The molecule has 27 rings (SSSR count). The van der Waals surface area contributed by atoms with Crippen LogP contribution in [0.2, 0.25) is 0 Å². The van der Waals surface area contributed by atoms with Gasteiger partial charge >= 0.3 is 0 Å². The summed E-state index contributed by atoms with van der Waals surface area (Å²) in [4.78, 5) is 30.9. The quantitative estimate of drug-likeness (QED) is 0.105. The molecule has 0 unspecified atom stereocenters. The van der Waals surface area contributed by atoms with Gasteiger partial charge in [0.2, 0.25) is 0 Å². The Balaban J connectivity index is 0.000000112. The number of fused-ring (bicyclic) bond motifs is 10. The molecule has 0 atom stereocenters. The third-order valence-electron chi connectivity index (χ3n) is 28.0. The van der Waals surface area contributed by atoms with Gasteiger partial charge in [-0.15, -0.1) is 0 Å². The Bertz CT molecular complexity index is 8710. The van der Waals surface area contributed by atoms with Crippen LogP contribution >= 0.6 is 0 Å². The number of rotatable bonds is 14. The molecule has 0 spiro atoms. The van der Waals surface area contributed by atoms with Crippen molar-refractivity contribution >= 4 is 43.4 Å². The van der Waals surface area contributed by atoms with Crippen molar-refractivity contribution in [1.29, 1.82) is 0 Å². The zero-order valence-electron chi connectivity index (χ0n) is 77.2. The van der Waals surface area contributed by atoms with E-state index in [9.17, 15) is 0 Å². The van der Waals surface area contributed by atoms with Crippen LogP contribution in [0.3, 0.4) is 0 Å². The van der Waals surface area contributed by atoms with Crippen molar-refractivity contribution in [1.82, 2.24) is 29.9 Å². The van der Waals surface area contributed by atoms with E-state index in [2.05, 4.69) is 461 Å². The van der Waals surface area contributed by atoms with Gasteiger partial charge in [-0.2, -0.15) is 0 Å². The van der Waals surface area contributed by atoms with Crippen LogP contribution in [0, 0.1) is 0 Å². The lowest BCUT2D eigenvalue weighted by Gasteiger charge is -2.42. The van der Waals surface area contributed by atoms with Crippen LogP contribution < -0.4 is 14.2 Å². The molecule has 0 radical (unpaired) electrons. The molecule has 9 nitrogen and oxygen atoms in total. The maximum absolute atomic E-state index is 6.90. The summed E-state index contributed by atoms with van der Waals surface area (Å²) in [6.07, 6.45) is 0. The predicted molar refractivity (Wildman–Crippen MR) is 575 cm³/mol. The molecule has 0 saturated carbocycles. The second kappa shape index (κ2) is 36.4. The first kappa shape index (κ1) is 85.0. The number of hydrogen-bond acceptors (Lipinski definition) is 9. The van der Waals surface area contributed by atoms with Crippen molar-refractivity contribution in [2.75, 3.05) is 0 Å². The van der Waals surface area contributed by atoms with E-state index >= 15 is 0 Å². The van der Waals surface area contributed by atoms with E-state index in [0.29, 0.717) is 17.5 Å². The number of benzene rings is 21. The van der Waals surface area contributed by atoms with Crippen molar-refractivity contribution in [2.24, 2.45) is 0 Å². The van der Waals surface area contributed by atoms with Gasteiger partial charge in [0.25, 0.3) is 0 Å². The fraction of sp³-hybridized carbons (Fsp3) is 0.0226. The van der Waals surface area contributed by atoms with Crippen molar-refractivity contribution < 1.29 is 14.2 Å². The molecular formula is C133H88N6O3. The maximum Gasteiger partial charge on any atom is 0.164 e. The van der Waals surface area contributed by atoms with Gasteiger partial charge in [0, 0.05) is 77.5 Å². The molecule has 668 valence electrons. The lowest BCUT2D eigenvalue weighted by molar-refractivity contribution is 0.434. The third kappa shape index (κ3) is 15.0.